The van der Waals surface area contributed by atoms with E-state index in [0.717, 1.165) is 35.0 Å². The zero-order valence-corrected chi connectivity index (χ0v) is 9.92. The van der Waals surface area contributed by atoms with Gasteiger partial charge in [-0.1, -0.05) is 23.7 Å². The Hall–Kier alpha value is -1.48. The maximum atomic E-state index is 11.3. The molecule has 0 radical (unpaired) electrons. The van der Waals surface area contributed by atoms with Gasteiger partial charge in [-0.3, -0.25) is 4.79 Å². The first-order valence-corrected chi connectivity index (χ1v) is 6.08. The number of hydrogen-bond acceptors (Lipinski definition) is 1. The monoisotopic (exact) mass is 249 g/mol. The lowest BCUT2D eigenvalue weighted by atomic mass is 9.85. The number of rotatable bonds is 1. The summed E-state index contributed by atoms with van der Waals surface area (Å²) in [5.41, 5.74) is 2.83. The van der Waals surface area contributed by atoms with Crippen molar-refractivity contribution in [1.29, 1.82) is 0 Å². The highest BCUT2D eigenvalue weighted by atomic mass is 35.5. The molecule has 0 bridgehead atoms. The Morgan fingerprint density at radius 2 is 2.29 bits per heavy atom. The second-order valence-electron chi connectivity index (χ2n) is 4.46. The summed E-state index contributed by atoms with van der Waals surface area (Å²) in [6.07, 6.45) is 2.53. The summed E-state index contributed by atoms with van der Waals surface area (Å²) in [6.45, 7) is 0. The van der Waals surface area contributed by atoms with Crippen LogP contribution in [0.3, 0.4) is 0 Å². The van der Waals surface area contributed by atoms with E-state index in [9.17, 15) is 9.90 Å². The van der Waals surface area contributed by atoms with E-state index in [-0.39, 0.29) is 0 Å². The van der Waals surface area contributed by atoms with Crippen molar-refractivity contribution in [2.24, 2.45) is 0 Å². The third-order valence-electron chi connectivity index (χ3n) is 3.47. The summed E-state index contributed by atoms with van der Waals surface area (Å²) in [7, 11) is 0. The number of carboxylic acids is 1. The summed E-state index contributed by atoms with van der Waals surface area (Å²) in [5, 5.41) is 10.9. The number of aryl methyl sites for hydroxylation is 1. The summed E-state index contributed by atoms with van der Waals surface area (Å²) in [5.74, 6) is -1.14. The van der Waals surface area contributed by atoms with Crippen LogP contribution >= 0.6 is 11.6 Å². The van der Waals surface area contributed by atoms with Gasteiger partial charge in [0, 0.05) is 11.1 Å². The van der Waals surface area contributed by atoms with Crippen LogP contribution in [0.4, 0.5) is 0 Å². The number of carbonyl (C=O) groups is 1. The van der Waals surface area contributed by atoms with E-state index in [1.54, 1.807) is 0 Å². The summed E-state index contributed by atoms with van der Waals surface area (Å²) >= 11 is 6.13. The van der Waals surface area contributed by atoms with Crippen molar-refractivity contribution in [3.63, 3.8) is 0 Å². The number of H-pyrrole nitrogens is 1. The molecule has 0 aliphatic heterocycles. The molecule has 1 aliphatic carbocycles. The number of benzene rings is 1. The van der Waals surface area contributed by atoms with Crippen LogP contribution in [0.2, 0.25) is 5.02 Å². The zero-order valence-electron chi connectivity index (χ0n) is 9.16. The Morgan fingerprint density at radius 3 is 3.06 bits per heavy atom. The highest BCUT2D eigenvalue weighted by Crippen LogP contribution is 2.38. The van der Waals surface area contributed by atoms with Crippen LogP contribution < -0.4 is 0 Å². The molecule has 0 spiro atoms. The quantitative estimate of drug-likeness (QED) is 0.815. The third-order valence-corrected chi connectivity index (χ3v) is 3.79. The molecule has 17 heavy (non-hydrogen) atoms. The van der Waals surface area contributed by atoms with Gasteiger partial charge in [0.2, 0.25) is 0 Å². The third kappa shape index (κ3) is 1.53. The molecule has 0 saturated heterocycles. The van der Waals surface area contributed by atoms with E-state index in [0.29, 0.717) is 11.4 Å². The smallest absolute Gasteiger partial charge is 0.311 e. The number of aromatic amines is 1. The van der Waals surface area contributed by atoms with Crippen LogP contribution in [-0.2, 0) is 11.2 Å². The van der Waals surface area contributed by atoms with E-state index in [1.807, 2.05) is 18.2 Å². The normalized spacial score (nSPS) is 19.2. The number of fused-ring (bicyclic) bond motifs is 3. The van der Waals surface area contributed by atoms with Gasteiger partial charge < -0.3 is 10.1 Å². The number of aliphatic carboxylic acids is 1. The number of para-hydroxylation sites is 1. The second-order valence-corrected chi connectivity index (χ2v) is 4.87. The number of carboxylic acid groups (broad SMARTS) is 1. The summed E-state index contributed by atoms with van der Waals surface area (Å²) in [4.78, 5) is 14.6. The molecule has 0 fully saturated rings. The van der Waals surface area contributed by atoms with Crippen LogP contribution in [-0.4, -0.2) is 16.1 Å². The molecule has 0 amide bonds. The van der Waals surface area contributed by atoms with Crippen molar-refractivity contribution in [2.45, 2.75) is 25.2 Å². The molecule has 1 heterocycles. The van der Waals surface area contributed by atoms with Crippen LogP contribution in [0.5, 0.6) is 0 Å². The molecule has 1 unspecified atom stereocenters. The number of nitrogens with one attached hydrogen (secondary N) is 1. The van der Waals surface area contributed by atoms with Crippen LogP contribution in [0, 0.1) is 0 Å². The fraction of sp³-hybridized carbons (Fsp3) is 0.308. The van der Waals surface area contributed by atoms with Gasteiger partial charge >= 0.3 is 5.97 Å². The fourth-order valence-corrected chi connectivity index (χ4v) is 2.95. The minimum Gasteiger partial charge on any atom is -0.481 e. The van der Waals surface area contributed by atoms with Gasteiger partial charge in [-0.15, -0.1) is 0 Å². The Bertz CT molecular complexity index is 603. The van der Waals surface area contributed by atoms with Crippen molar-refractivity contribution >= 4 is 28.5 Å². The second kappa shape index (κ2) is 3.77. The maximum Gasteiger partial charge on any atom is 0.311 e. The minimum absolute atomic E-state index is 0.397. The van der Waals surface area contributed by atoms with Crippen molar-refractivity contribution in [2.75, 3.05) is 0 Å². The molecule has 1 atom stereocenters. The maximum absolute atomic E-state index is 11.3. The van der Waals surface area contributed by atoms with Gasteiger partial charge in [-0.2, -0.15) is 0 Å². The van der Waals surface area contributed by atoms with E-state index in [2.05, 4.69) is 4.98 Å². The van der Waals surface area contributed by atoms with Gasteiger partial charge in [0.1, 0.15) is 0 Å². The average Bonchev–Trinajstić information content (AvgIpc) is 2.69. The van der Waals surface area contributed by atoms with Crippen LogP contribution in [0.25, 0.3) is 10.9 Å². The summed E-state index contributed by atoms with van der Waals surface area (Å²) < 4.78 is 0. The molecule has 1 aromatic heterocycles. The zero-order chi connectivity index (χ0) is 12.0. The Kier molecular flexibility index (Phi) is 2.37. The SMILES string of the molecule is O=C(O)C1CCCc2[nH]c3c(Cl)cccc3c21. The first-order valence-electron chi connectivity index (χ1n) is 5.70. The number of aromatic nitrogens is 1. The minimum atomic E-state index is -0.744. The number of hydrogen-bond donors (Lipinski definition) is 2. The molecular formula is C13H12ClNO2. The van der Waals surface area contributed by atoms with Gasteiger partial charge in [0.15, 0.2) is 0 Å². The predicted molar refractivity (Wildman–Crippen MR) is 66.6 cm³/mol. The lowest BCUT2D eigenvalue weighted by molar-refractivity contribution is -0.139. The molecule has 4 heteroatoms. The molecule has 0 saturated carbocycles. The molecule has 88 valence electrons. The molecule has 1 aromatic carbocycles. The van der Waals surface area contributed by atoms with Gasteiger partial charge in [0.05, 0.1) is 16.5 Å². The van der Waals surface area contributed by atoms with E-state index in [1.165, 1.54) is 0 Å². The van der Waals surface area contributed by atoms with E-state index in [4.69, 9.17) is 11.6 Å². The molecule has 3 rings (SSSR count). The molecule has 2 N–H and O–H groups in total. The average molecular weight is 250 g/mol. The Labute approximate surface area is 103 Å². The van der Waals surface area contributed by atoms with Crippen LogP contribution in [0.1, 0.15) is 30.0 Å². The van der Waals surface area contributed by atoms with Crippen LogP contribution in [0.15, 0.2) is 18.2 Å². The van der Waals surface area contributed by atoms with Crippen molar-refractivity contribution < 1.29 is 9.90 Å². The van der Waals surface area contributed by atoms with Gasteiger partial charge in [-0.25, -0.2) is 0 Å². The fourth-order valence-electron chi connectivity index (χ4n) is 2.73. The number of halogens is 1. The lowest BCUT2D eigenvalue weighted by Gasteiger charge is -2.19. The highest BCUT2D eigenvalue weighted by molar-refractivity contribution is 6.35. The van der Waals surface area contributed by atoms with Crippen molar-refractivity contribution in [1.82, 2.24) is 4.98 Å². The van der Waals surface area contributed by atoms with Crippen molar-refractivity contribution in [3.05, 3.63) is 34.5 Å². The van der Waals surface area contributed by atoms with E-state index >= 15 is 0 Å². The molecule has 2 aromatic rings. The summed E-state index contributed by atoms with van der Waals surface area (Å²) in [6, 6.07) is 5.63. The largest absolute Gasteiger partial charge is 0.481 e. The lowest BCUT2D eigenvalue weighted by Crippen LogP contribution is -2.17. The first-order chi connectivity index (χ1) is 8.18. The highest BCUT2D eigenvalue weighted by Gasteiger charge is 2.29. The van der Waals surface area contributed by atoms with E-state index < -0.39 is 11.9 Å². The van der Waals surface area contributed by atoms with Gasteiger partial charge in [-0.05, 0) is 30.9 Å². The van der Waals surface area contributed by atoms with Crippen molar-refractivity contribution in [3.8, 4) is 0 Å². The predicted octanol–water partition coefficient (Wildman–Crippen LogP) is 3.33. The van der Waals surface area contributed by atoms with Gasteiger partial charge in [0.25, 0.3) is 0 Å². The molecule has 1 aliphatic rings. The molecule has 3 nitrogen and oxygen atoms in total. The Balaban J connectivity index is 2.31. The first kappa shape index (κ1) is 10.7. The Morgan fingerprint density at radius 1 is 1.47 bits per heavy atom. The molecular weight excluding hydrogens is 238 g/mol. The standard InChI is InChI=1S/C13H12ClNO2/c14-9-5-1-3-7-11-8(13(16)17)4-2-6-10(11)15-12(7)9/h1,3,5,8,15H,2,4,6H2,(H,16,17). The topological polar surface area (TPSA) is 53.1 Å².